The minimum absolute atomic E-state index is 0.479. The quantitative estimate of drug-likeness (QED) is 0.562. The number of aryl methyl sites for hydroxylation is 1. The number of benzene rings is 2. The highest BCUT2D eigenvalue weighted by Crippen LogP contribution is 2.25. The zero-order chi connectivity index (χ0) is 15.5. The lowest BCUT2D eigenvalue weighted by molar-refractivity contribution is -0.683. The summed E-state index contributed by atoms with van der Waals surface area (Å²) >= 11 is 1.61. The van der Waals surface area contributed by atoms with Gasteiger partial charge in [0.2, 0.25) is 0 Å². The molecule has 5 heteroatoms. The molecule has 4 nitrogen and oxygen atoms in total. The summed E-state index contributed by atoms with van der Waals surface area (Å²) in [4.78, 5) is 3.38. The number of H-pyrrole nitrogens is 1. The maximum Gasteiger partial charge on any atom is 0.316 e. The fraction of sp³-hybridized carbons (Fsp3) is 0.235. The Kier molecular flexibility index (Phi) is 4.36. The second kappa shape index (κ2) is 6.42. The average molecular weight is 315 g/mol. The normalized spacial score (nSPS) is 12.5. The molecule has 1 atom stereocenters. The van der Waals surface area contributed by atoms with Gasteiger partial charge < -0.3 is 9.84 Å². The predicted molar refractivity (Wildman–Crippen MR) is 88.2 cm³/mol. The lowest BCUT2D eigenvalue weighted by atomic mass is 10.1. The van der Waals surface area contributed by atoms with E-state index in [4.69, 9.17) is 4.74 Å². The molecule has 0 spiro atoms. The van der Waals surface area contributed by atoms with Crippen molar-refractivity contribution in [3.63, 3.8) is 0 Å². The Morgan fingerprint density at radius 2 is 2.00 bits per heavy atom. The standard InChI is InChI=1S/C17H18N2O2S/c1-19-15-9-8-13(21-2)10-14(15)18-17(19)22-11-16(20)12-6-4-3-5-7-12/h3-10,16,20H,11H2,1-2H3/p+1. The molecular formula is C17H19N2O2S+. The van der Waals surface area contributed by atoms with E-state index in [1.807, 2.05) is 55.6 Å². The summed E-state index contributed by atoms with van der Waals surface area (Å²) in [5, 5.41) is 11.3. The summed E-state index contributed by atoms with van der Waals surface area (Å²) in [6, 6.07) is 15.7. The lowest BCUT2D eigenvalue weighted by Crippen LogP contribution is -2.29. The predicted octanol–water partition coefficient (Wildman–Crippen LogP) is 2.83. The number of nitrogens with one attached hydrogen (secondary N) is 1. The Morgan fingerprint density at radius 3 is 2.73 bits per heavy atom. The van der Waals surface area contributed by atoms with Crippen LogP contribution in [0.2, 0.25) is 0 Å². The van der Waals surface area contributed by atoms with Crippen LogP contribution in [0, 0.1) is 0 Å². The van der Waals surface area contributed by atoms with Crippen molar-refractivity contribution in [2.45, 2.75) is 11.3 Å². The highest BCUT2D eigenvalue weighted by Gasteiger charge is 2.18. The third kappa shape index (κ3) is 2.96. The smallest absolute Gasteiger partial charge is 0.316 e. The maximum absolute atomic E-state index is 10.3. The largest absolute Gasteiger partial charge is 0.497 e. The number of ether oxygens (including phenoxy) is 1. The molecule has 3 rings (SSSR count). The highest BCUT2D eigenvalue weighted by atomic mass is 32.2. The minimum atomic E-state index is -0.479. The Hall–Kier alpha value is -1.98. The molecule has 1 heterocycles. The molecule has 1 aromatic heterocycles. The molecule has 0 aliphatic rings. The van der Waals surface area contributed by atoms with Crippen molar-refractivity contribution < 1.29 is 14.4 Å². The zero-order valence-corrected chi connectivity index (χ0v) is 13.4. The molecule has 2 aromatic carbocycles. The molecule has 22 heavy (non-hydrogen) atoms. The maximum atomic E-state index is 10.3. The topological polar surface area (TPSA) is 49.1 Å². The van der Waals surface area contributed by atoms with E-state index in [1.54, 1.807) is 18.9 Å². The van der Waals surface area contributed by atoms with Gasteiger partial charge in [0.25, 0.3) is 0 Å². The van der Waals surface area contributed by atoms with Crippen LogP contribution in [-0.2, 0) is 7.05 Å². The van der Waals surface area contributed by atoms with Crippen molar-refractivity contribution in [3.8, 4) is 5.75 Å². The van der Waals surface area contributed by atoms with Crippen LogP contribution in [0.5, 0.6) is 5.75 Å². The molecular weight excluding hydrogens is 296 g/mol. The third-order valence-electron chi connectivity index (χ3n) is 3.67. The molecule has 0 fully saturated rings. The number of methoxy groups -OCH3 is 1. The lowest BCUT2D eigenvalue weighted by Gasteiger charge is -2.08. The summed E-state index contributed by atoms with van der Waals surface area (Å²) < 4.78 is 7.35. The highest BCUT2D eigenvalue weighted by molar-refractivity contribution is 7.99. The summed E-state index contributed by atoms with van der Waals surface area (Å²) in [5.74, 6) is 1.43. The van der Waals surface area contributed by atoms with Gasteiger partial charge in [-0.15, -0.1) is 0 Å². The molecule has 1 unspecified atom stereocenters. The molecule has 3 aromatic rings. The van der Waals surface area contributed by atoms with Gasteiger partial charge >= 0.3 is 5.16 Å². The second-order valence-electron chi connectivity index (χ2n) is 5.11. The molecule has 0 radical (unpaired) electrons. The first-order valence-electron chi connectivity index (χ1n) is 7.10. The first-order chi connectivity index (χ1) is 10.7. The van der Waals surface area contributed by atoms with Crippen LogP contribution in [0.3, 0.4) is 0 Å². The molecule has 114 valence electrons. The number of hydrogen-bond acceptors (Lipinski definition) is 3. The van der Waals surface area contributed by atoms with Crippen LogP contribution in [0.15, 0.2) is 53.7 Å². The van der Waals surface area contributed by atoms with E-state index in [1.165, 1.54) is 0 Å². The zero-order valence-electron chi connectivity index (χ0n) is 12.6. The number of imidazole rings is 1. The van der Waals surface area contributed by atoms with Gasteiger partial charge in [0.15, 0.2) is 11.0 Å². The fourth-order valence-corrected chi connectivity index (χ4v) is 3.39. The van der Waals surface area contributed by atoms with Gasteiger partial charge in [-0.25, -0.2) is 9.55 Å². The van der Waals surface area contributed by atoms with E-state index in [2.05, 4.69) is 9.55 Å². The first kappa shape index (κ1) is 14.9. The van der Waals surface area contributed by atoms with Gasteiger partial charge in [-0.2, -0.15) is 0 Å². The van der Waals surface area contributed by atoms with Crippen LogP contribution in [-0.4, -0.2) is 23.0 Å². The van der Waals surface area contributed by atoms with E-state index in [0.29, 0.717) is 5.75 Å². The number of aromatic nitrogens is 2. The van der Waals surface area contributed by atoms with Gasteiger partial charge in [-0.1, -0.05) is 30.3 Å². The van der Waals surface area contributed by atoms with Gasteiger partial charge in [-0.05, 0) is 29.5 Å². The molecule has 0 aliphatic heterocycles. The number of thioether (sulfide) groups is 1. The minimum Gasteiger partial charge on any atom is -0.497 e. The van der Waals surface area contributed by atoms with E-state index >= 15 is 0 Å². The van der Waals surface area contributed by atoms with E-state index in [-0.39, 0.29) is 0 Å². The van der Waals surface area contributed by atoms with Crippen molar-refractivity contribution in [1.82, 2.24) is 4.98 Å². The summed E-state index contributed by atoms with van der Waals surface area (Å²) in [5.41, 5.74) is 3.08. The van der Waals surface area contributed by atoms with Crippen molar-refractivity contribution in [2.75, 3.05) is 12.9 Å². The summed E-state index contributed by atoms with van der Waals surface area (Å²) in [6.07, 6.45) is -0.479. The third-order valence-corrected chi connectivity index (χ3v) is 4.81. The monoisotopic (exact) mass is 315 g/mol. The number of rotatable bonds is 5. The van der Waals surface area contributed by atoms with Gasteiger partial charge in [0, 0.05) is 11.8 Å². The second-order valence-corrected chi connectivity index (χ2v) is 6.12. The van der Waals surface area contributed by atoms with Gasteiger partial charge in [-0.3, -0.25) is 0 Å². The molecule has 0 saturated carbocycles. The number of aromatic amines is 1. The van der Waals surface area contributed by atoms with Gasteiger partial charge in [0.1, 0.15) is 5.75 Å². The van der Waals surface area contributed by atoms with E-state index in [0.717, 1.165) is 27.5 Å². The molecule has 2 N–H and O–H groups in total. The Bertz CT molecular complexity index is 771. The average Bonchev–Trinajstić information content (AvgIpc) is 2.89. The first-order valence-corrected chi connectivity index (χ1v) is 8.09. The fourth-order valence-electron chi connectivity index (χ4n) is 2.41. The number of nitrogens with zero attached hydrogens (tertiary/aromatic N) is 1. The number of fused-ring (bicyclic) bond motifs is 1. The molecule has 0 bridgehead atoms. The molecule has 0 aliphatic carbocycles. The van der Waals surface area contributed by atoms with E-state index < -0.39 is 6.10 Å². The number of hydrogen-bond donors (Lipinski definition) is 2. The number of aliphatic hydroxyl groups is 1. The van der Waals surface area contributed by atoms with E-state index in [9.17, 15) is 5.11 Å². The Balaban J connectivity index is 1.78. The molecule has 0 saturated heterocycles. The van der Waals surface area contributed by atoms with Gasteiger partial charge in [0.05, 0.1) is 20.3 Å². The molecule has 0 amide bonds. The van der Waals surface area contributed by atoms with Crippen LogP contribution < -0.4 is 9.30 Å². The SMILES string of the molecule is COc1ccc2c(c1)[nH]c(SCC(O)c1ccccc1)[n+]2C. The van der Waals surface area contributed by atoms with Crippen molar-refractivity contribution in [2.24, 2.45) is 7.05 Å². The number of aliphatic hydroxyl groups excluding tert-OH is 1. The van der Waals surface area contributed by atoms with Crippen molar-refractivity contribution >= 4 is 22.8 Å². The Labute approximate surface area is 133 Å². The summed E-state index contributed by atoms with van der Waals surface area (Å²) in [6.45, 7) is 0. The van der Waals surface area contributed by atoms with Crippen LogP contribution >= 0.6 is 11.8 Å². The van der Waals surface area contributed by atoms with Crippen molar-refractivity contribution in [3.05, 3.63) is 54.1 Å². The van der Waals surface area contributed by atoms with Crippen LogP contribution in [0.1, 0.15) is 11.7 Å². The summed E-state index contributed by atoms with van der Waals surface area (Å²) in [7, 11) is 3.68. The van der Waals surface area contributed by atoms with Crippen LogP contribution in [0.25, 0.3) is 11.0 Å². The van der Waals surface area contributed by atoms with Crippen LogP contribution in [0.4, 0.5) is 0 Å². The van der Waals surface area contributed by atoms with Crippen molar-refractivity contribution in [1.29, 1.82) is 0 Å². The Morgan fingerprint density at radius 1 is 1.23 bits per heavy atom.